The molecule has 0 aliphatic carbocycles. The maximum atomic E-state index is 12.4. The smallest absolute Gasteiger partial charge is 0.228 e. The molecule has 1 fully saturated rings. The summed E-state index contributed by atoms with van der Waals surface area (Å²) in [6.45, 7) is 1.98. The molecule has 2 aromatic rings. The Kier molecular flexibility index (Phi) is 5.01. The van der Waals surface area contributed by atoms with Crippen molar-refractivity contribution in [2.45, 2.75) is 13.3 Å². The summed E-state index contributed by atoms with van der Waals surface area (Å²) in [5, 5.41) is 3.20. The summed E-state index contributed by atoms with van der Waals surface area (Å²) in [7, 11) is -3.12. The molecule has 1 heterocycles. The van der Waals surface area contributed by atoms with Gasteiger partial charge in [0.1, 0.15) is 5.75 Å². The zero-order chi connectivity index (χ0) is 18.0. The Morgan fingerprint density at radius 1 is 1.20 bits per heavy atom. The molecule has 0 bridgehead atoms. The van der Waals surface area contributed by atoms with Gasteiger partial charge in [-0.05, 0) is 43.7 Å². The highest BCUT2D eigenvalue weighted by Crippen LogP contribution is 2.33. The molecule has 0 spiro atoms. The molecule has 1 N–H and O–H groups in total. The Morgan fingerprint density at radius 3 is 2.56 bits per heavy atom. The van der Waals surface area contributed by atoms with Gasteiger partial charge in [-0.2, -0.15) is 0 Å². The third-order valence-electron chi connectivity index (χ3n) is 4.05. The Hall–Kier alpha value is -2.05. The van der Waals surface area contributed by atoms with Crippen LogP contribution < -0.4 is 10.1 Å². The summed E-state index contributed by atoms with van der Waals surface area (Å²) in [6.07, 6.45) is 0.336. The lowest BCUT2D eigenvalue weighted by Gasteiger charge is -2.15. The van der Waals surface area contributed by atoms with Gasteiger partial charge >= 0.3 is 0 Å². The first kappa shape index (κ1) is 17.8. The van der Waals surface area contributed by atoms with Crippen LogP contribution >= 0.6 is 11.6 Å². The van der Waals surface area contributed by atoms with Crippen LogP contribution in [-0.4, -0.2) is 25.8 Å². The second-order valence-corrected chi connectivity index (χ2v) is 8.81. The van der Waals surface area contributed by atoms with E-state index in [9.17, 15) is 13.2 Å². The van der Waals surface area contributed by atoms with E-state index >= 15 is 0 Å². The average molecular weight is 380 g/mol. The van der Waals surface area contributed by atoms with Gasteiger partial charge in [-0.15, -0.1) is 0 Å². The number of hydrogen-bond donors (Lipinski definition) is 1. The van der Waals surface area contributed by atoms with Gasteiger partial charge in [0.15, 0.2) is 15.6 Å². The maximum Gasteiger partial charge on any atom is 0.228 e. The van der Waals surface area contributed by atoms with Crippen molar-refractivity contribution in [2.24, 2.45) is 5.92 Å². The number of hydrogen-bond acceptors (Lipinski definition) is 4. The number of amides is 1. The third-order valence-corrected chi connectivity index (χ3v) is 6.05. The molecule has 25 heavy (non-hydrogen) atoms. The topological polar surface area (TPSA) is 72.5 Å². The first-order valence-corrected chi connectivity index (χ1v) is 10.1. The number of carbonyl (C=O) groups is 1. The molecule has 1 aliphatic rings. The zero-order valence-electron chi connectivity index (χ0n) is 13.7. The fourth-order valence-corrected chi connectivity index (χ4v) is 4.57. The molecule has 0 radical (unpaired) electrons. The number of nitrogens with one attached hydrogen (secondary N) is 1. The van der Waals surface area contributed by atoms with Crippen LogP contribution in [0.5, 0.6) is 11.5 Å². The normalized spacial score (nSPS) is 18.7. The SMILES string of the molecule is Cc1ccc(Oc2ccc(Cl)cc2NC(=O)C2CCS(=O)(=O)C2)cc1. The van der Waals surface area contributed by atoms with Crippen LogP contribution in [0.4, 0.5) is 5.69 Å². The first-order chi connectivity index (χ1) is 11.8. The summed E-state index contributed by atoms with van der Waals surface area (Å²) >= 11 is 6.03. The van der Waals surface area contributed by atoms with Crippen molar-refractivity contribution in [3.8, 4) is 11.5 Å². The van der Waals surface area contributed by atoms with Gasteiger partial charge < -0.3 is 10.1 Å². The minimum absolute atomic E-state index is 0.0490. The molecule has 0 aromatic heterocycles. The summed E-state index contributed by atoms with van der Waals surface area (Å²) in [5.74, 6) is 0.128. The van der Waals surface area contributed by atoms with Crippen molar-refractivity contribution >= 4 is 33.0 Å². The Morgan fingerprint density at radius 2 is 1.92 bits per heavy atom. The minimum atomic E-state index is -3.12. The summed E-state index contributed by atoms with van der Waals surface area (Å²) in [6, 6.07) is 12.4. The average Bonchev–Trinajstić information content (AvgIpc) is 2.92. The van der Waals surface area contributed by atoms with Gasteiger partial charge in [-0.25, -0.2) is 8.42 Å². The van der Waals surface area contributed by atoms with E-state index in [0.717, 1.165) is 5.56 Å². The van der Waals surface area contributed by atoms with Crippen molar-refractivity contribution in [2.75, 3.05) is 16.8 Å². The van der Waals surface area contributed by atoms with E-state index in [2.05, 4.69) is 5.32 Å². The largest absolute Gasteiger partial charge is 0.455 e. The number of carbonyl (C=O) groups excluding carboxylic acids is 1. The van der Waals surface area contributed by atoms with E-state index in [1.807, 2.05) is 31.2 Å². The van der Waals surface area contributed by atoms with Crippen LogP contribution in [0.1, 0.15) is 12.0 Å². The van der Waals surface area contributed by atoms with Gasteiger partial charge in [0.25, 0.3) is 0 Å². The molecular weight excluding hydrogens is 362 g/mol. The number of halogens is 1. The Labute approximate surface area is 151 Å². The van der Waals surface area contributed by atoms with E-state index in [1.165, 1.54) is 0 Å². The molecule has 1 unspecified atom stereocenters. The molecule has 1 saturated heterocycles. The van der Waals surface area contributed by atoms with Gasteiger partial charge in [0, 0.05) is 5.02 Å². The van der Waals surface area contributed by atoms with E-state index in [0.29, 0.717) is 28.6 Å². The standard InChI is InChI=1S/C18H18ClNO4S/c1-12-2-5-15(6-3-12)24-17-7-4-14(19)10-16(17)20-18(21)13-8-9-25(22,23)11-13/h2-7,10,13H,8-9,11H2,1H3,(H,20,21). The molecular formula is C18H18ClNO4S. The number of anilines is 1. The predicted octanol–water partition coefficient (Wildman–Crippen LogP) is 3.81. The van der Waals surface area contributed by atoms with Crippen molar-refractivity contribution < 1.29 is 17.9 Å². The predicted molar refractivity (Wildman–Crippen MR) is 98.1 cm³/mol. The van der Waals surface area contributed by atoms with Crippen molar-refractivity contribution in [1.29, 1.82) is 0 Å². The highest BCUT2D eigenvalue weighted by Gasteiger charge is 2.33. The van der Waals surface area contributed by atoms with Gasteiger partial charge in [0.2, 0.25) is 5.91 Å². The van der Waals surface area contributed by atoms with Crippen molar-refractivity contribution in [1.82, 2.24) is 0 Å². The number of ether oxygens (including phenoxy) is 1. The lowest BCUT2D eigenvalue weighted by atomic mass is 10.1. The van der Waals surface area contributed by atoms with Crippen molar-refractivity contribution in [3.05, 3.63) is 53.1 Å². The van der Waals surface area contributed by atoms with Crippen LogP contribution in [0.2, 0.25) is 5.02 Å². The first-order valence-electron chi connectivity index (χ1n) is 7.88. The maximum absolute atomic E-state index is 12.4. The monoisotopic (exact) mass is 379 g/mol. The summed E-state index contributed by atoms with van der Waals surface area (Å²) in [4.78, 5) is 12.4. The summed E-state index contributed by atoms with van der Waals surface area (Å²) < 4.78 is 29.0. The van der Waals surface area contributed by atoms with Crippen LogP contribution in [0.25, 0.3) is 0 Å². The second kappa shape index (κ2) is 7.06. The van der Waals surface area contributed by atoms with Crippen LogP contribution in [0.15, 0.2) is 42.5 Å². The molecule has 2 aromatic carbocycles. The lowest BCUT2D eigenvalue weighted by molar-refractivity contribution is -0.119. The molecule has 7 heteroatoms. The second-order valence-electron chi connectivity index (χ2n) is 6.14. The van der Waals surface area contributed by atoms with Gasteiger partial charge in [0.05, 0.1) is 23.1 Å². The molecule has 1 amide bonds. The summed E-state index contributed by atoms with van der Waals surface area (Å²) in [5.41, 5.74) is 1.53. The molecule has 3 rings (SSSR count). The van der Waals surface area contributed by atoms with E-state index < -0.39 is 15.8 Å². The fourth-order valence-electron chi connectivity index (χ4n) is 2.66. The molecule has 1 atom stereocenters. The van der Waals surface area contributed by atoms with Gasteiger partial charge in [-0.1, -0.05) is 29.3 Å². The highest BCUT2D eigenvalue weighted by molar-refractivity contribution is 7.91. The Bertz CT molecular complexity index is 894. The number of aryl methyl sites for hydroxylation is 1. The zero-order valence-corrected chi connectivity index (χ0v) is 15.2. The number of rotatable bonds is 4. The van der Waals surface area contributed by atoms with Crippen LogP contribution in [0.3, 0.4) is 0 Å². The van der Waals surface area contributed by atoms with Crippen LogP contribution in [0, 0.1) is 12.8 Å². The van der Waals surface area contributed by atoms with Crippen LogP contribution in [-0.2, 0) is 14.6 Å². The molecule has 0 saturated carbocycles. The highest BCUT2D eigenvalue weighted by atomic mass is 35.5. The Balaban J connectivity index is 1.79. The fraction of sp³-hybridized carbons (Fsp3) is 0.278. The third kappa shape index (κ3) is 4.52. The van der Waals surface area contributed by atoms with Crippen molar-refractivity contribution in [3.63, 3.8) is 0 Å². The van der Waals surface area contributed by atoms with E-state index in [1.54, 1.807) is 18.2 Å². The van der Waals surface area contributed by atoms with E-state index in [-0.39, 0.29) is 17.4 Å². The molecule has 1 aliphatic heterocycles. The lowest BCUT2D eigenvalue weighted by Crippen LogP contribution is -2.23. The number of sulfone groups is 1. The van der Waals surface area contributed by atoms with E-state index in [4.69, 9.17) is 16.3 Å². The number of benzene rings is 2. The quantitative estimate of drug-likeness (QED) is 0.876. The molecule has 5 nitrogen and oxygen atoms in total. The minimum Gasteiger partial charge on any atom is -0.455 e. The van der Waals surface area contributed by atoms with Gasteiger partial charge in [-0.3, -0.25) is 4.79 Å². The molecule has 132 valence electrons.